The van der Waals surface area contributed by atoms with E-state index in [0.29, 0.717) is 23.6 Å². The molecule has 6 heteroatoms. The highest BCUT2D eigenvalue weighted by atomic mass is 16.2. The zero-order valence-corrected chi connectivity index (χ0v) is 12.7. The Hall–Kier alpha value is -2.50. The van der Waals surface area contributed by atoms with Crippen LogP contribution in [0.3, 0.4) is 0 Å². The second-order valence-electron chi connectivity index (χ2n) is 5.81. The first-order valence-electron chi connectivity index (χ1n) is 7.31. The predicted octanol–water partition coefficient (Wildman–Crippen LogP) is 1.62. The molecular weight excluding hydrogens is 280 g/mol. The topological polar surface area (TPSA) is 79.0 Å². The second kappa shape index (κ2) is 5.36. The third-order valence-electron chi connectivity index (χ3n) is 4.17. The van der Waals surface area contributed by atoms with Crippen molar-refractivity contribution < 1.29 is 4.79 Å². The van der Waals surface area contributed by atoms with Gasteiger partial charge in [-0.1, -0.05) is 0 Å². The average molecular weight is 298 g/mol. The van der Waals surface area contributed by atoms with E-state index in [4.69, 9.17) is 0 Å². The molecule has 3 rings (SSSR count). The van der Waals surface area contributed by atoms with Crippen molar-refractivity contribution in [2.24, 2.45) is 0 Å². The number of carbonyl (C=O) groups excluding carboxylic acids is 1. The molecule has 0 spiro atoms. The lowest BCUT2D eigenvalue weighted by Crippen LogP contribution is -2.45. The summed E-state index contributed by atoms with van der Waals surface area (Å²) < 4.78 is 0. The van der Waals surface area contributed by atoms with Gasteiger partial charge >= 0.3 is 0 Å². The molecule has 0 radical (unpaired) electrons. The van der Waals surface area contributed by atoms with Gasteiger partial charge in [-0.2, -0.15) is 0 Å². The molecule has 3 heterocycles. The Balaban J connectivity index is 2.01. The van der Waals surface area contributed by atoms with Gasteiger partial charge in [-0.05, 0) is 38.8 Å². The maximum Gasteiger partial charge on any atom is 0.256 e. The quantitative estimate of drug-likeness (QED) is 0.914. The first-order valence-corrected chi connectivity index (χ1v) is 7.31. The fourth-order valence-electron chi connectivity index (χ4n) is 3.01. The highest BCUT2D eigenvalue weighted by molar-refractivity contribution is 5.94. The summed E-state index contributed by atoms with van der Waals surface area (Å²) in [6.07, 6.45) is 4.85. The van der Waals surface area contributed by atoms with Crippen molar-refractivity contribution in [2.45, 2.75) is 32.2 Å². The monoisotopic (exact) mass is 298 g/mol. The Morgan fingerprint density at radius 2 is 2.27 bits per heavy atom. The van der Waals surface area contributed by atoms with Gasteiger partial charge in [-0.25, -0.2) is 4.98 Å². The van der Waals surface area contributed by atoms with Crippen molar-refractivity contribution in [1.29, 1.82) is 0 Å². The predicted molar refractivity (Wildman–Crippen MR) is 81.5 cm³/mol. The van der Waals surface area contributed by atoms with E-state index >= 15 is 0 Å². The Morgan fingerprint density at radius 3 is 2.95 bits per heavy atom. The van der Waals surface area contributed by atoms with Gasteiger partial charge in [0.15, 0.2) is 0 Å². The van der Waals surface area contributed by atoms with Crippen LogP contribution in [0.4, 0.5) is 0 Å². The lowest BCUT2D eigenvalue weighted by Gasteiger charge is -2.34. The van der Waals surface area contributed by atoms with Crippen molar-refractivity contribution in [3.8, 4) is 0 Å². The minimum atomic E-state index is -0.599. The summed E-state index contributed by atoms with van der Waals surface area (Å²) in [4.78, 5) is 37.5. The summed E-state index contributed by atoms with van der Waals surface area (Å²) in [5, 5.41) is 0. The van der Waals surface area contributed by atoms with Crippen LogP contribution in [0.15, 0.2) is 35.4 Å². The van der Waals surface area contributed by atoms with Crippen molar-refractivity contribution in [1.82, 2.24) is 19.9 Å². The Kier molecular flexibility index (Phi) is 3.52. The van der Waals surface area contributed by atoms with Gasteiger partial charge in [-0.3, -0.25) is 14.6 Å². The third-order valence-corrected chi connectivity index (χ3v) is 4.17. The molecule has 1 aliphatic rings. The molecule has 1 fully saturated rings. The van der Waals surface area contributed by atoms with Crippen LogP contribution >= 0.6 is 0 Å². The number of hydrogen-bond donors (Lipinski definition) is 1. The number of carbonyl (C=O) groups is 1. The molecule has 0 saturated carbocycles. The molecule has 1 aliphatic heterocycles. The normalized spacial score (nSPS) is 21.1. The molecule has 2 aromatic heterocycles. The molecule has 1 atom stereocenters. The summed E-state index contributed by atoms with van der Waals surface area (Å²) in [6.45, 7) is 4.37. The molecule has 0 aromatic carbocycles. The van der Waals surface area contributed by atoms with Crippen molar-refractivity contribution >= 4 is 5.91 Å². The average Bonchev–Trinajstić information content (AvgIpc) is 2.90. The van der Waals surface area contributed by atoms with Crippen LogP contribution in [-0.2, 0) is 5.54 Å². The van der Waals surface area contributed by atoms with E-state index in [9.17, 15) is 9.59 Å². The number of likely N-dealkylation sites (tertiary alicyclic amines) is 1. The SMILES string of the molecule is Cc1cc(=O)[nH]c([C@]2(C)CCCN2C(=O)c2cccnc2)n1. The molecule has 1 amide bonds. The van der Waals surface area contributed by atoms with Crippen molar-refractivity contribution in [2.75, 3.05) is 6.54 Å². The van der Waals surface area contributed by atoms with Gasteiger partial charge in [0.2, 0.25) is 0 Å². The van der Waals surface area contributed by atoms with E-state index in [1.54, 1.807) is 36.4 Å². The number of aromatic nitrogens is 3. The van der Waals surface area contributed by atoms with Gasteiger partial charge in [0.1, 0.15) is 5.82 Å². The first-order chi connectivity index (χ1) is 10.5. The van der Waals surface area contributed by atoms with Gasteiger partial charge in [0, 0.05) is 30.7 Å². The second-order valence-corrected chi connectivity index (χ2v) is 5.81. The number of amides is 1. The molecule has 0 bridgehead atoms. The highest BCUT2D eigenvalue weighted by Crippen LogP contribution is 2.37. The number of hydrogen-bond acceptors (Lipinski definition) is 4. The van der Waals surface area contributed by atoms with Crippen LogP contribution in [0.25, 0.3) is 0 Å². The third kappa shape index (κ3) is 2.41. The number of nitrogens with one attached hydrogen (secondary N) is 1. The molecule has 1 saturated heterocycles. The minimum Gasteiger partial charge on any atom is -0.326 e. The minimum absolute atomic E-state index is 0.0859. The maximum atomic E-state index is 12.8. The fraction of sp³-hybridized carbons (Fsp3) is 0.375. The summed E-state index contributed by atoms with van der Waals surface area (Å²) in [6, 6.07) is 4.95. The van der Waals surface area contributed by atoms with Crippen LogP contribution in [0.5, 0.6) is 0 Å². The number of pyridine rings is 1. The fourth-order valence-corrected chi connectivity index (χ4v) is 3.01. The standard InChI is InChI=1S/C16H18N4O2/c1-11-9-13(21)19-15(18-11)16(2)6-4-8-20(16)14(22)12-5-3-7-17-10-12/h3,5,7,9-10H,4,6,8H2,1-2H3,(H,18,19,21)/t16-/m0/s1. The van der Waals surface area contributed by atoms with Gasteiger partial charge in [0.25, 0.3) is 11.5 Å². The number of nitrogens with zero attached hydrogens (tertiary/aromatic N) is 3. The summed E-state index contributed by atoms with van der Waals surface area (Å²) in [7, 11) is 0. The molecule has 2 aromatic rings. The number of H-pyrrole nitrogens is 1. The van der Waals surface area contributed by atoms with Crippen LogP contribution in [0, 0.1) is 6.92 Å². The largest absolute Gasteiger partial charge is 0.326 e. The number of aromatic amines is 1. The van der Waals surface area contributed by atoms with E-state index in [-0.39, 0.29) is 11.5 Å². The molecule has 22 heavy (non-hydrogen) atoms. The lowest BCUT2D eigenvalue weighted by molar-refractivity contribution is 0.0602. The lowest BCUT2D eigenvalue weighted by atomic mass is 9.97. The van der Waals surface area contributed by atoms with Crippen LogP contribution in [0.1, 0.15) is 41.6 Å². The van der Waals surface area contributed by atoms with E-state index in [0.717, 1.165) is 12.8 Å². The number of aryl methyl sites for hydroxylation is 1. The number of rotatable bonds is 2. The molecule has 114 valence electrons. The first kappa shape index (κ1) is 14.4. The molecule has 0 aliphatic carbocycles. The van der Waals surface area contributed by atoms with E-state index in [1.807, 2.05) is 6.92 Å². The summed E-state index contributed by atoms with van der Waals surface area (Å²) >= 11 is 0. The Morgan fingerprint density at radius 1 is 1.45 bits per heavy atom. The highest BCUT2D eigenvalue weighted by Gasteiger charge is 2.43. The molecular formula is C16H18N4O2. The Bertz CT molecular complexity index is 756. The molecule has 6 nitrogen and oxygen atoms in total. The van der Waals surface area contributed by atoms with E-state index in [1.165, 1.54) is 6.07 Å². The summed E-state index contributed by atoms with van der Waals surface area (Å²) in [5.41, 5.74) is 0.411. The van der Waals surface area contributed by atoms with E-state index < -0.39 is 5.54 Å². The Labute approximate surface area is 128 Å². The molecule has 0 unspecified atom stereocenters. The molecule has 1 N–H and O–H groups in total. The van der Waals surface area contributed by atoms with E-state index in [2.05, 4.69) is 15.0 Å². The van der Waals surface area contributed by atoms with Crippen LogP contribution in [0.2, 0.25) is 0 Å². The smallest absolute Gasteiger partial charge is 0.256 e. The maximum absolute atomic E-state index is 12.8. The zero-order chi connectivity index (χ0) is 15.7. The van der Waals surface area contributed by atoms with Crippen LogP contribution < -0.4 is 5.56 Å². The van der Waals surface area contributed by atoms with Gasteiger partial charge < -0.3 is 9.88 Å². The van der Waals surface area contributed by atoms with Gasteiger partial charge in [0.05, 0.1) is 11.1 Å². The zero-order valence-electron chi connectivity index (χ0n) is 12.7. The van der Waals surface area contributed by atoms with Gasteiger partial charge in [-0.15, -0.1) is 0 Å². The summed E-state index contributed by atoms with van der Waals surface area (Å²) in [5.74, 6) is 0.462. The van der Waals surface area contributed by atoms with Crippen molar-refractivity contribution in [3.05, 3.63) is 58.0 Å². The van der Waals surface area contributed by atoms with Crippen LogP contribution in [-0.4, -0.2) is 32.3 Å². The van der Waals surface area contributed by atoms with Crippen molar-refractivity contribution in [3.63, 3.8) is 0 Å².